The molecule has 0 aromatic rings. The van der Waals surface area contributed by atoms with Crippen LogP contribution in [0, 0.1) is 0 Å². The zero-order chi connectivity index (χ0) is 25.3. The van der Waals surface area contributed by atoms with Gasteiger partial charge in [0.15, 0.2) is 18.9 Å². The van der Waals surface area contributed by atoms with E-state index in [4.69, 9.17) is 23.7 Å². The van der Waals surface area contributed by atoms with E-state index in [2.05, 4.69) is 0 Å². The van der Waals surface area contributed by atoms with E-state index in [0.29, 0.717) is 0 Å². The second-order valence-electron chi connectivity index (χ2n) is 8.33. The first-order valence-electron chi connectivity index (χ1n) is 10.6. The molecule has 3 aliphatic rings. The van der Waals surface area contributed by atoms with E-state index in [-0.39, 0.29) is 0 Å². The third-order valence-electron chi connectivity index (χ3n) is 6.09. The van der Waals surface area contributed by atoms with E-state index >= 15 is 0 Å². The number of aliphatic hydroxyl groups excluding tert-OH is 11. The Morgan fingerprint density at radius 1 is 0.441 bits per heavy atom. The molecule has 34 heavy (non-hydrogen) atoms. The Bertz CT molecular complexity index is 635. The Hall–Kier alpha value is -0.640. The lowest BCUT2D eigenvalue weighted by Crippen LogP contribution is -2.66. The molecule has 0 amide bonds. The van der Waals surface area contributed by atoms with Gasteiger partial charge in [0.1, 0.15) is 73.2 Å². The second kappa shape index (κ2) is 11.6. The third kappa shape index (κ3) is 5.37. The van der Waals surface area contributed by atoms with Crippen LogP contribution in [0.2, 0.25) is 0 Å². The average Bonchev–Trinajstić information content (AvgIpc) is 2.83. The van der Waals surface area contributed by atoms with Crippen LogP contribution in [0.5, 0.6) is 0 Å². The molecule has 0 aliphatic carbocycles. The van der Waals surface area contributed by atoms with Crippen LogP contribution < -0.4 is 0 Å². The van der Waals surface area contributed by atoms with E-state index in [1.807, 2.05) is 0 Å². The van der Waals surface area contributed by atoms with Gasteiger partial charge in [-0.2, -0.15) is 0 Å². The summed E-state index contributed by atoms with van der Waals surface area (Å²) in [6.07, 6.45) is -25.1. The summed E-state index contributed by atoms with van der Waals surface area (Å²) < 4.78 is 26.4. The van der Waals surface area contributed by atoms with Gasteiger partial charge in [-0.1, -0.05) is 0 Å². The van der Waals surface area contributed by atoms with Crippen molar-refractivity contribution in [3.8, 4) is 0 Å². The molecule has 200 valence electrons. The highest BCUT2D eigenvalue weighted by Crippen LogP contribution is 2.32. The fourth-order valence-electron chi connectivity index (χ4n) is 4.06. The minimum atomic E-state index is -1.91. The monoisotopic (exact) mass is 504 g/mol. The molecule has 3 saturated heterocycles. The lowest BCUT2D eigenvalue weighted by molar-refractivity contribution is -0.377. The number of hydrogen-bond donors (Lipinski definition) is 11. The van der Waals surface area contributed by atoms with Crippen LogP contribution in [-0.2, 0) is 23.7 Å². The summed E-state index contributed by atoms with van der Waals surface area (Å²) in [5.74, 6) is 0. The first kappa shape index (κ1) is 27.9. The van der Waals surface area contributed by atoms with Crippen LogP contribution in [0.3, 0.4) is 0 Å². The molecular formula is C18H32O16. The van der Waals surface area contributed by atoms with Crippen LogP contribution in [0.25, 0.3) is 0 Å². The SMILES string of the molecule is OCC1O[C@@H](O[C@@H]2C(CO)O[C@@H](O)C(O)[C@H]2O)C(O)[C@@H](O)[C@@H]1O[C@@H]1OC(CO)[C@H](O)[C@H](O)C1O. The van der Waals surface area contributed by atoms with Gasteiger partial charge in [-0.3, -0.25) is 0 Å². The predicted octanol–water partition coefficient (Wildman–Crippen LogP) is -7.57. The predicted molar refractivity (Wildman–Crippen MR) is 101 cm³/mol. The summed E-state index contributed by atoms with van der Waals surface area (Å²) in [5, 5.41) is 109. The third-order valence-corrected chi connectivity index (χ3v) is 6.09. The molecule has 3 rings (SSSR count). The van der Waals surface area contributed by atoms with Gasteiger partial charge in [0.05, 0.1) is 19.8 Å². The molecule has 0 bridgehead atoms. The largest absolute Gasteiger partial charge is 0.394 e. The fourth-order valence-corrected chi connectivity index (χ4v) is 4.06. The number of hydrogen-bond acceptors (Lipinski definition) is 16. The smallest absolute Gasteiger partial charge is 0.187 e. The van der Waals surface area contributed by atoms with Crippen molar-refractivity contribution in [2.45, 2.75) is 92.1 Å². The summed E-state index contributed by atoms with van der Waals surface area (Å²) in [4.78, 5) is 0. The van der Waals surface area contributed by atoms with Crippen molar-refractivity contribution in [3.63, 3.8) is 0 Å². The normalized spacial score (nSPS) is 52.5. The topological polar surface area (TPSA) is 269 Å². The van der Waals surface area contributed by atoms with Crippen molar-refractivity contribution in [3.05, 3.63) is 0 Å². The molecule has 16 heteroatoms. The van der Waals surface area contributed by atoms with Gasteiger partial charge in [0, 0.05) is 0 Å². The molecular weight excluding hydrogens is 472 g/mol. The first-order valence-corrected chi connectivity index (χ1v) is 10.6. The molecule has 6 unspecified atom stereocenters. The van der Waals surface area contributed by atoms with Crippen LogP contribution in [0.4, 0.5) is 0 Å². The van der Waals surface area contributed by atoms with E-state index in [0.717, 1.165) is 0 Å². The van der Waals surface area contributed by atoms with Crippen molar-refractivity contribution in [1.29, 1.82) is 0 Å². The summed E-state index contributed by atoms with van der Waals surface area (Å²) in [6, 6.07) is 0. The summed E-state index contributed by atoms with van der Waals surface area (Å²) in [6.45, 7) is -2.32. The molecule has 3 heterocycles. The number of aliphatic hydroxyl groups is 11. The van der Waals surface area contributed by atoms with Crippen LogP contribution in [-0.4, -0.2) is 168 Å². The maximum atomic E-state index is 10.6. The second-order valence-corrected chi connectivity index (χ2v) is 8.33. The van der Waals surface area contributed by atoms with Crippen molar-refractivity contribution in [1.82, 2.24) is 0 Å². The Balaban J connectivity index is 1.72. The van der Waals surface area contributed by atoms with Crippen LogP contribution >= 0.6 is 0 Å². The van der Waals surface area contributed by atoms with Crippen LogP contribution in [0.15, 0.2) is 0 Å². The van der Waals surface area contributed by atoms with Crippen molar-refractivity contribution < 1.29 is 79.9 Å². The van der Waals surface area contributed by atoms with Gasteiger partial charge in [-0.05, 0) is 0 Å². The van der Waals surface area contributed by atoms with Crippen molar-refractivity contribution in [2.75, 3.05) is 19.8 Å². The van der Waals surface area contributed by atoms with Gasteiger partial charge in [0.25, 0.3) is 0 Å². The number of ether oxygens (including phenoxy) is 5. The van der Waals surface area contributed by atoms with Gasteiger partial charge < -0.3 is 79.9 Å². The Kier molecular flexibility index (Phi) is 9.54. The zero-order valence-corrected chi connectivity index (χ0v) is 17.7. The van der Waals surface area contributed by atoms with Gasteiger partial charge >= 0.3 is 0 Å². The van der Waals surface area contributed by atoms with E-state index in [1.165, 1.54) is 0 Å². The molecule has 3 fully saturated rings. The van der Waals surface area contributed by atoms with Gasteiger partial charge in [-0.25, -0.2) is 0 Å². The molecule has 0 aromatic heterocycles. The maximum absolute atomic E-state index is 10.6. The molecule has 3 aliphatic heterocycles. The molecule has 11 N–H and O–H groups in total. The van der Waals surface area contributed by atoms with E-state index in [1.54, 1.807) is 0 Å². The standard InChI is InChI=1S/C18H32O16/c19-1-4-7(22)8(23)12(27)17(31-4)34-15-6(3-21)32-18(13(28)10(15)25)33-14-5(2-20)30-16(29)11(26)9(14)24/h4-29H,1-3H2/t4?,5?,6?,7-,8-,9+,10+,11?,12?,13?,14+,15+,16+,17-,18-/m0/s1. The minimum Gasteiger partial charge on any atom is -0.394 e. The summed E-state index contributed by atoms with van der Waals surface area (Å²) in [5.41, 5.74) is 0. The molecule has 16 nitrogen and oxygen atoms in total. The van der Waals surface area contributed by atoms with Gasteiger partial charge in [-0.15, -0.1) is 0 Å². The number of rotatable bonds is 7. The van der Waals surface area contributed by atoms with Crippen molar-refractivity contribution >= 4 is 0 Å². The first-order chi connectivity index (χ1) is 16.0. The lowest BCUT2D eigenvalue weighted by atomic mass is 9.96. The van der Waals surface area contributed by atoms with Crippen molar-refractivity contribution in [2.24, 2.45) is 0 Å². The fraction of sp³-hybridized carbons (Fsp3) is 1.00. The summed E-state index contributed by atoms with van der Waals surface area (Å²) in [7, 11) is 0. The Labute approximate surface area is 192 Å². The highest BCUT2D eigenvalue weighted by atomic mass is 16.8. The quantitative estimate of drug-likeness (QED) is 0.154. The highest BCUT2D eigenvalue weighted by molar-refractivity contribution is 4.96. The van der Waals surface area contributed by atoms with Gasteiger partial charge in [0.2, 0.25) is 0 Å². The molecule has 0 radical (unpaired) electrons. The van der Waals surface area contributed by atoms with E-state index < -0.39 is 112 Å². The Morgan fingerprint density at radius 2 is 0.853 bits per heavy atom. The van der Waals surface area contributed by atoms with E-state index in [9.17, 15) is 56.2 Å². The Morgan fingerprint density at radius 3 is 1.35 bits per heavy atom. The average molecular weight is 504 g/mol. The minimum absolute atomic E-state index is 0.741. The molecule has 0 aromatic carbocycles. The maximum Gasteiger partial charge on any atom is 0.187 e. The summed E-state index contributed by atoms with van der Waals surface area (Å²) >= 11 is 0. The zero-order valence-electron chi connectivity index (χ0n) is 17.7. The molecule has 0 saturated carbocycles. The lowest BCUT2D eigenvalue weighted by Gasteiger charge is -2.47. The highest BCUT2D eigenvalue weighted by Gasteiger charge is 2.53. The van der Waals surface area contributed by atoms with Crippen LogP contribution in [0.1, 0.15) is 0 Å². The molecule has 15 atom stereocenters. The molecule has 0 spiro atoms.